The number of halogens is 2. The van der Waals surface area contributed by atoms with E-state index in [0.717, 1.165) is 0 Å². The summed E-state index contributed by atoms with van der Waals surface area (Å²) in [6.07, 6.45) is 4.35. The standard InChI is InChI=1S/C8H12Cl2O2/c1-2-4-8(11)12-6-3-5-7(9)10/h2,4,7H,3,5-6H2,1H3. The summed E-state index contributed by atoms with van der Waals surface area (Å²) in [5.41, 5.74) is 0. The fraction of sp³-hybridized carbons (Fsp3) is 0.625. The van der Waals surface area contributed by atoms with E-state index in [2.05, 4.69) is 0 Å². The molecular formula is C8H12Cl2O2. The van der Waals surface area contributed by atoms with E-state index in [1.807, 2.05) is 0 Å². The zero-order valence-corrected chi connectivity index (χ0v) is 8.44. The van der Waals surface area contributed by atoms with Crippen LogP contribution in [0.3, 0.4) is 0 Å². The molecule has 0 heterocycles. The van der Waals surface area contributed by atoms with Gasteiger partial charge in [-0.1, -0.05) is 6.08 Å². The fourth-order valence-corrected chi connectivity index (χ4v) is 0.903. The van der Waals surface area contributed by atoms with E-state index < -0.39 is 0 Å². The molecule has 0 bridgehead atoms. The van der Waals surface area contributed by atoms with E-state index in [9.17, 15) is 4.79 Å². The van der Waals surface area contributed by atoms with Crippen LogP contribution in [0, 0.1) is 0 Å². The molecule has 0 amide bonds. The summed E-state index contributed by atoms with van der Waals surface area (Å²) in [6.45, 7) is 2.13. The lowest BCUT2D eigenvalue weighted by atomic mass is 10.3. The quantitative estimate of drug-likeness (QED) is 0.302. The molecule has 0 unspecified atom stereocenters. The smallest absolute Gasteiger partial charge is 0.330 e. The number of allylic oxidation sites excluding steroid dienone is 1. The van der Waals surface area contributed by atoms with Crippen LogP contribution < -0.4 is 0 Å². The number of esters is 1. The predicted molar refractivity (Wildman–Crippen MR) is 50.5 cm³/mol. The Labute approximate surface area is 82.5 Å². The van der Waals surface area contributed by atoms with Crippen LogP contribution in [0.5, 0.6) is 0 Å². The first-order valence-corrected chi connectivity index (χ1v) is 4.61. The minimum absolute atomic E-state index is 0.321. The Morgan fingerprint density at radius 2 is 2.25 bits per heavy atom. The number of ether oxygens (including phenoxy) is 1. The van der Waals surface area contributed by atoms with E-state index in [0.29, 0.717) is 19.4 Å². The Bertz CT molecular complexity index is 155. The van der Waals surface area contributed by atoms with Crippen molar-refractivity contribution < 1.29 is 9.53 Å². The lowest BCUT2D eigenvalue weighted by molar-refractivity contribution is -0.137. The molecule has 0 radical (unpaired) electrons. The van der Waals surface area contributed by atoms with Gasteiger partial charge in [0.1, 0.15) is 4.84 Å². The van der Waals surface area contributed by atoms with Crippen LogP contribution in [0.2, 0.25) is 0 Å². The van der Waals surface area contributed by atoms with Crippen molar-refractivity contribution in [1.29, 1.82) is 0 Å². The molecule has 0 saturated heterocycles. The number of carbonyl (C=O) groups is 1. The molecule has 70 valence electrons. The van der Waals surface area contributed by atoms with Crippen LogP contribution in [-0.2, 0) is 9.53 Å². The molecule has 4 heteroatoms. The highest BCUT2D eigenvalue weighted by molar-refractivity contribution is 6.44. The zero-order valence-electron chi connectivity index (χ0n) is 6.93. The highest BCUT2D eigenvalue weighted by Gasteiger charge is 1.99. The van der Waals surface area contributed by atoms with Crippen molar-refractivity contribution in [2.24, 2.45) is 0 Å². The molecule has 0 rings (SSSR count). The van der Waals surface area contributed by atoms with Crippen molar-refractivity contribution >= 4 is 29.2 Å². The van der Waals surface area contributed by atoms with Crippen LogP contribution in [0.25, 0.3) is 0 Å². The Morgan fingerprint density at radius 3 is 2.75 bits per heavy atom. The van der Waals surface area contributed by atoms with Crippen LogP contribution in [0.4, 0.5) is 0 Å². The first kappa shape index (κ1) is 11.8. The van der Waals surface area contributed by atoms with Crippen molar-refractivity contribution in [3.63, 3.8) is 0 Å². The molecule has 0 N–H and O–H groups in total. The third-order valence-electron chi connectivity index (χ3n) is 1.11. The Morgan fingerprint density at radius 1 is 1.58 bits per heavy atom. The Kier molecular flexibility index (Phi) is 7.31. The van der Waals surface area contributed by atoms with E-state index in [4.69, 9.17) is 27.9 Å². The number of alkyl halides is 2. The normalized spacial score (nSPS) is 11.0. The largest absolute Gasteiger partial charge is 0.463 e. The highest BCUT2D eigenvalue weighted by atomic mass is 35.5. The average molecular weight is 211 g/mol. The molecule has 0 fully saturated rings. The highest BCUT2D eigenvalue weighted by Crippen LogP contribution is 2.09. The molecule has 0 aliphatic rings. The Balaban J connectivity index is 3.25. The second kappa shape index (κ2) is 7.44. The van der Waals surface area contributed by atoms with Crippen molar-refractivity contribution in [1.82, 2.24) is 0 Å². The lowest BCUT2D eigenvalue weighted by Crippen LogP contribution is -2.03. The third kappa shape index (κ3) is 7.89. The maximum absolute atomic E-state index is 10.7. The van der Waals surface area contributed by atoms with Gasteiger partial charge in [0.25, 0.3) is 0 Å². The maximum atomic E-state index is 10.7. The van der Waals surface area contributed by atoms with Crippen molar-refractivity contribution in [2.75, 3.05) is 6.61 Å². The third-order valence-corrected chi connectivity index (χ3v) is 1.55. The van der Waals surface area contributed by atoms with Gasteiger partial charge in [-0.15, -0.1) is 23.2 Å². The van der Waals surface area contributed by atoms with Gasteiger partial charge in [0.05, 0.1) is 6.61 Å². The number of carbonyl (C=O) groups excluding carboxylic acids is 1. The molecule has 0 atom stereocenters. The molecule has 0 aliphatic heterocycles. The summed E-state index contributed by atoms with van der Waals surface area (Å²) in [5, 5.41) is 0. The van der Waals surface area contributed by atoms with Crippen LogP contribution in [-0.4, -0.2) is 17.4 Å². The van der Waals surface area contributed by atoms with Gasteiger partial charge in [-0.05, 0) is 19.8 Å². The van der Waals surface area contributed by atoms with Gasteiger partial charge in [-0.25, -0.2) is 4.79 Å². The van der Waals surface area contributed by atoms with E-state index in [1.165, 1.54) is 6.08 Å². The number of hydrogen-bond donors (Lipinski definition) is 0. The maximum Gasteiger partial charge on any atom is 0.330 e. The summed E-state index contributed by atoms with van der Waals surface area (Å²) < 4.78 is 4.79. The van der Waals surface area contributed by atoms with Gasteiger partial charge < -0.3 is 4.74 Å². The molecule has 0 aromatic carbocycles. The monoisotopic (exact) mass is 210 g/mol. The second-order valence-electron chi connectivity index (χ2n) is 2.20. The molecule has 2 nitrogen and oxygen atoms in total. The summed E-state index contributed by atoms with van der Waals surface area (Å²) >= 11 is 10.9. The van der Waals surface area contributed by atoms with Crippen molar-refractivity contribution in [2.45, 2.75) is 24.6 Å². The van der Waals surface area contributed by atoms with E-state index >= 15 is 0 Å². The zero-order chi connectivity index (χ0) is 9.40. The number of rotatable bonds is 5. The van der Waals surface area contributed by atoms with E-state index in [1.54, 1.807) is 13.0 Å². The summed E-state index contributed by atoms with van der Waals surface area (Å²) in [7, 11) is 0. The van der Waals surface area contributed by atoms with Crippen LogP contribution in [0.15, 0.2) is 12.2 Å². The Hall–Kier alpha value is -0.210. The van der Waals surface area contributed by atoms with E-state index in [-0.39, 0.29) is 10.8 Å². The first-order valence-electron chi connectivity index (χ1n) is 3.74. The van der Waals surface area contributed by atoms with Gasteiger partial charge >= 0.3 is 5.97 Å². The minimum atomic E-state index is -0.370. The SMILES string of the molecule is CC=CC(=O)OCCCC(Cl)Cl. The lowest BCUT2D eigenvalue weighted by Gasteiger charge is -2.01. The summed E-state index contributed by atoms with van der Waals surface area (Å²) in [5.74, 6) is -0.321. The predicted octanol–water partition coefficient (Wildman–Crippen LogP) is 2.69. The molecule has 0 saturated carbocycles. The van der Waals surface area contributed by atoms with Gasteiger partial charge in [-0.2, -0.15) is 0 Å². The molecule has 0 aromatic rings. The van der Waals surface area contributed by atoms with Gasteiger partial charge in [0.15, 0.2) is 0 Å². The van der Waals surface area contributed by atoms with Gasteiger partial charge in [0, 0.05) is 6.08 Å². The molecular weight excluding hydrogens is 199 g/mol. The molecule has 12 heavy (non-hydrogen) atoms. The van der Waals surface area contributed by atoms with Crippen LogP contribution >= 0.6 is 23.2 Å². The fourth-order valence-electron chi connectivity index (χ4n) is 0.595. The summed E-state index contributed by atoms with van der Waals surface area (Å²) in [6, 6.07) is 0. The first-order chi connectivity index (χ1) is 5.66. The van der Waals surface area contributed by atoms with Gasteiger partial charge in [0.2, 0.25) is 0 Å². The molecule has 0 aliphatic carbocycles. The van der Waals surface area contributed by atoms with Crippen LogP contribution in [0.1, 0.15) is 19.8 Å². The topological polar surface area (TPSA) is 26.3 Å². The van der Waals surface area contributed by atoms with Crippen molar-refractivity contribution in [3.8, 4) is 0 Å². The van der Waals surface area contributed by atoms with Crippen molar-refractivity contribution in [3.05, 3.63) is 12.2 Å². The average Bonchev–Trinajstić information content (AvgIpc) is 1.98. The van der Waals surface area contributed by atoms with Gasteiger partial charge in [-0.3, -0.25) is 0 Å². The minimum Gasteiger partial charge on any atom is -0.463 e. The summed E-state index contributed by atoms with van der Waals surface area (Å²) in [4.78, 5) is 10.3. The number of hydrogen-bond acceptors (Lipinski definition) is 2. The second-order valence-corrected chi connectivity index (χ2v) is 3.48. The molecule has 0 spiro atoms. The molecule has 0 aromatic heterocycles.